The van der Waals surface area contributed by atoms with Crippen molar-refractivity contribution in [3.8, 4) is 11.5 Å². The molecule has 45 heavy (non-hydrogen) atoms. The third-order valence-corrected chi connectivity index (χ3v) is 9.65. The molecular formula is C24H21N3O14S4. The molecule has 0 saturated carbocycles. The van der Waals surface area contributed by atoms with E-state index in [0.717, 1.165) is 18.2 Å². The monoisotopic (exact) mass is 703 g/mol. The van der Waals surface area contributed by atoms with E-state index in [2.05, 4.69) is 24.9 Å². The minimum Gasteiger partial charge on any atom is -0.506 e. The number of phenolic OH excluding ortho intramolecular Hbond substituents is 2. The number of anilines is 2. The smallest absolute Gasteiger partial charge is 0.298 e. The van der Waals surface area contributed by atoms with Crippen LogP contribution in [-0.4, -0.2) is 62.2 Å². The lowest BCUT2D eigenvalue weighted by molar-refractivity contribution is -0.434. The van der Waals surface area contributed by atoms with Gasteiger partial charge in [0.1, 0.15) is 22.0 Å². The molecule has 17 nitrogen and oxygen atoms in total. The molecule has 0 spiro atoms. The number of nitrogens with zero attached hydrogens (tertiary/aromatic N) is 2. The topological polar surface area (TPSA) is 268 Å². The molecule has 0 amide bonds. The minimum absolute atomic E-state index is 0.0660. The third kappa shape index (κ3) is 8.23. The molecule has 0 aliphatic heterocycles. The Morgan fingerprint density at radius 3 is 2.18 bits per heavy atom. The molecule has 0 aromatic heterocycles. The molecule has 4 aromatic rings. The van der Waals surface area contributed by atoms with Gasteiger partial charge in [-0.1, -0.05) is 29.3 Å². The molecule has 0 atom stereocenters. The summed E-state index contributed by atoms with van der Waals surface area (Å²) in [5.74, 6) is -2.13. The van der Waals surface area contributed by atoms with E-state index in [4.69, 9.17) is 9.44 Å². The Morgan fingerprint density at radius 1 is 0.800 bits per heavy atom. The van der Waals surface area contributed by atoms with Gasteiger partial charge in [-0.3, -0.25) is 13.3 Å². The van der Waals surface area contributed by atoms with Crippen molar-refractivity contribution in [2.24, 2.45) is 10.2 Å². The van der Waals surface area contributed by atoms with Crippen LogP contribution in [0.25, 0.3) is 10.8 Å². The highest BCUT2D eigenvalue weighted by Crippen LogP contribution is 2.42. The van der Waals surface area contributed by atoms with E-state index in [0.29, 0.717) is 11.5 Å². The molecule has 4 aromatic carbocycles. The second kappa shape index (κ2) is 13.6. The van der Waals surface area contributed by atoms with Crippen molar-refractivity contribution in [2.75, 3.05) is 17.7 Å². The summed E-state index contributed by atoms with van der Waals surface area (Å²) in [5, 5.41) is 43.5. The van der Waals surface area contributed by atoms with Crippen molar-refractivity contribution < 1.29 is 63.4 Å². The SMILES string of the molecule is O=S(=O)(O)c1ccc2ccc(Nc3ccccc3O)c(N=Nc3cc(S(=O)(=O)CCOSOOO)cc(S(=O)(=O)O)c3O)c2c1. The Labute approximate surface area is 259 Å². The average Bonchev–Trinajstić information content (AvgIpc) is 2.96. The Morgan fingerprint density at radius 2 is 1.51 bits per heavy atom. The Balaban J connectivity index is 1.89. The van der Waals surface area contributed by atoms with Gasteiger partial charge >= 0.3 is 0 Å². The van der Waals surface area contributed by atoms with Crippen LogP contribution in [0.3, 0.4) is 0 Å². The summed E-state index contributed by atoms with van der Waals surface area (Å²) in [6.45, 7) is -0.553. The average molecular weight is 704 g/mol. The van der Waals surface area contributed by atoms with Crippen LogP contribution in [0.15, 0.2) is 91.6 Å². The van der Waals surface area contributed by atoms with Crippen molar-refractivity contribution >= 4 is 75.9 Å². The van der Waals surface area contributed by atoms with Crippen LogP contribution in [0.4, 0.5) is 22.7 Å². The molecule has 0 radical (unpaired) electrons. The number of aromatic hydroxyl groups is 2. The third-order valence-electron chi connectivity index (χ3n) is 5.90. The first-order chi connectivity index (χ1) is 21.1. The minimum atomic E-state index is -5.21. The van der Waals surface area contributed by atoms with E-state index in [1.807, 2.05) is 0 Å². The first-order valence-electron chi connectivity index (χ1n) is 12.0. The Bertz CT molecular complexity index is 2110. The maximum absolute atomic E-state index is 12.9. The number of fused-ring (bicyclic) bond motifs is 1. The number of nitrogens with one attached hydrogen (secondary N) is 1. The van der Waals surface area contributed by atoms with Crippen molar-refractivity contribution in [3.63, 3.8) is 0 Å². The lowest BCUT2D eigenvalue weighted by Gasteiger charge is -2.13. The number of azo groups is 1. The fourth-order valence-electron chi connectivity index (χ4n) is 3.83. The van der Waals surface area contributed by atoms with Crippen LogP contribution in [0.2, 0.25) is 0 Å². The van der Waals surface area contributed by atoms with Crippen LogP contribution in [0, 0.1) is 0 Å². The molecule has 240 valence electrons. The van der Waals surface area contributed by atoms with E-state index in [1.54, 1.807) is 18.2 Å². The van der Waals surface area contributed by atoms with Crippen LogP contribution in [0.5, 0.6) is 11.5 Å². The van der Waals surface area contributed by atoms with Gasteiger partial charge in [0.05, 0.1) is 33.5 Å². The van der Waals surface area contributed by atoms with E-state index >= 15 is 0 Å². The predicted molar refractivity (Wildman–Crippen MR) is 158 cm³/mol. The van der Waals surface area contributed by atoms with Gasteiger partial charge in [-0.05, 0) is 47.9 Å². The fraction of sp³-hybridized carbons (Fsp3) is 0.0833. The van der Waals surface area contributed by atoms with Crippen molar-refractivity contribution in [1.29, 1.82) is 0 Å². The molecule has 0 heterocycles. The van der Waals surface area contributed by atoms with E-state index in [-0.39, 0.29) is 40.5 Å². The second-order valence-electron chi connectivity index (χ2n) is 8.78. The number of benzene rings is 4. The number of hydrogen-bond acceptors (Lipinski definition) is 16. The summed E-state index contributed by atoms with van der Waals surface area (Å²) in [4.78, 5) is -2.47. The highest BCUT2D eigenvalue weighted by Gasteiger charge is 2.26. The molecule has 0 saturated heterocycles. The standard InChI is InChI=1S/C24H21N3O14S4/c28-21-4-2-1-3-18(21)25-19-8-6-14-5-7-15(44(33,34)35)11-17(14)23(19)27-26-20-12-16(13-22(24(20)29)45(36,37)38)43(31,32)10-9-39-42-41-40-30/h1-8,11-13,25,28-30H,9-10H2,(H,33,34,35)(H,36,37,38). The first-order valence-corrected chi connectivity index (χ1v) is 17.2. The van der Waals surface area contributed by atoms with Gasteiger partial charge in [-0.2, -0.15) is 16.8 Å². The maximum Gasteiger partial charge on any atom is 0.298 e. The van der Waals surface area contributed by atoms with Gasteiger partial charge in [0.15, 0.2) is 27.9 Å². The maximum atomic E-state index is 12.9. The van der Waals surface area contributed by atoms with Crippen LogP contribution in [-0.2, 0) is 43.6 Å². The lowest BCUT2D eigenvalue weighted by atomic mass is 10.1. The lowest BCUT2D eigenvalue weighted by Crippen LogP contribution is -2.12. The Kier molecular flexibility index (Phi) is 10.3. The Hall–Kier alpha value is -3.90. The summed E-state index contributed by atoms with van der Waals surface area (Å²) >= 11 is 0.0929. The quantitative estimate of drug-likeness (QED) is 0.0210. The fourth-order valence-corrected chi connectivity index (χ4v) is 6.48. The molecule has 6 N–H and O–H groups in total. The first kappa shape index (κ1) is 34.0. The molecule has 0 fully saturated rings. The molecule has 0 aliphatic carbocycles. The number of hydrogen-bond donors (Lipinski definition) is 6. The van der Waals surface area contributed by atoms with Crippen LogP contribution < -0.4 is 5.32 Å². The summed E-state index contributed by atoms with van der Waals surface area (Å²) in [6.07, 6.45) is 0. The zero-order chi connectivity index (χ0) is 33.0. The van der Waals surface area contributed by atoms with Crippen LogP contribution >= 0.6 is 12.3 Å². The number of sulfone groups is 1. The zero-order valence-corrected chi connectivity index (χ0v) is 25.5. The highest BCUT2D eigenvalue weighted by atomic mass is 32.2. The molecule has 21 heteroatoms. The van der Waals surface area contributed by atoms with E-state index in [1.165, 1.54) is 24.3 Å². The number of para-hydroxylation sites is 2. The highest BCUT2D eigenvalue weighted by molar-refractivity contribution is 7.91. The zero-order valence-electron chi connectivity index (χ0n) is 22.2. The molecule has 4 rings (SSSR count). The molecule has 0 unspecified atom stereocenters. The molecule has 0 bridgehead atoms. The van der Waals surface area contributed by atoms with Gasteiger partial charge in [0, 0.05) is 5.39 Å². The number of rotatable bonds is 13. The summed E-state index contributed by atoms with van der Waals surface area (Å²) in [6, 6.07) is 13.8. The van der Waals surface area contributed by atoms with Crippen molar-refractivity contribution in [1.82, 2.24) is 0 Å². The van der Waals surface area contributed by atoms with Crippen LogP contribution in [0.1, 0.15) is 0 Å². The predicted octanol–water partition coefficient (Wildman–Crippen LogP) is 4.68. The van der Waals surface area contributed by atoms with Gasteiger partial charge in [0.2, 0.25) is 0 Å². The van der Waals surface area contributed by atoms with Crippen molar-refractivity contribution in [2.45, 2.75) is 14.7 Å². The van der Waals surface area contributed by atoms with Gasteiger partial charge in [0.25, 0.3) is 20.2 Å². The van der Waals surface area contributed by atoms with Gasteiger partial charge < -0.3 is 15.5 Å². The largest absolute Gasteiger partial charge is 0.506 e. The summed E-state index contributed by atoms with van der Waals surface area (Å²) in [7, 11) is -14.3. The summed E-state index contributed by atoms with van der Waals surface area (Å²) in [5.41, 5.74) is -0.617. The van der Waals surface area contributed by atoms with Gasteiger partial charge in [-0.15, -0.1) is 14.6 Å². The second-order valence-corrected chi connectivity index (χ2v) is 14.2. The van der Waals surface area contributed by atoms with Gasteiger partial charge in [-0.25, -0.2) is 13.7 Å². The molecule has 0 aliphatic rings. The molecular weight excluding hydrogens is 683 g/mol. The van der Waals surface area contributed by atoms with E-state index < -0.39 is 68.6 Å². The van der Waals surface area contributed by atoms with E-state index in [9.17, 15) is 44.6 Å². The summed E-state index contributed by atoms with van der Waals surface area (Å²) < 4.78 is 102. The number of phenols is 2. The normalized spacial score (nSPS) is 12.6. The van der Waals surface area contributed by atoms with Crippen molar-refractivity contribution in [3.05, 3.63) is 66.7 Å².